The zero-order chi connectivity index (χ0) is 27.6. The maximum Gasteiger partial charge on any atom is 0.433 e. The van der Waals surface area contributed by atoms with Crippen molar-refractivity contribution in [3.63, 3.8) is 0 Å². The maximum absolute atomic E-state index is 13.5. The molecule has 1 saturated carbocycles. The van der Waals surface area contributed by atoms with Gasteiger partial charge < -0.3 is 15.4 Å². The standard InChI is InChI=1S/C22H22F6N4O4S/c1-12(21(23,24)25)36-15-4-3-13(37(2,34)35)7-14(15)17(33)32-10-19(8-20(29,9-19)11-32)18-30-6-5-16(31-18)22(26,27)28/h3-7,12H,8-11,29H2,1-2H3/t12-,19?,20?/m1/s1. The van der Waals surface area contributed by atoms with Crippen molar-refractivity contribution in [2.24, 2.45) is 5.73 Å². The normalized spacial score (nSPS) is 24.8. The molecule has 2 N–H and O–H groups in total. The fourth-order valence-electron chi connectivity index (χ4n) is 4.90. The Morgan fingerprint density at radius 2 is 1.78 bits per heavy atom. The Morgan fingerprint density at radius 3 is 2.35 bits per heavy atom. The summed E-state index contributed by atoms with van der Waals surface area (Å²) in [5.41, 5.74) is 2.59. The summed E-state index contributed by atoms with van der Waals surface area (Å²) in [6.07, 6.45) is -9.63. The van der Waals surface area contributed by atoms with Crippen LogP contribution >= 0.6 is 0 Å². The molecule has 8 nitrogen and oxygen atoms in total. The Hall–Kier alpha value is -2.94. The van der Waals surface area contributed by atoms with Crippen LogP contribution in [0.4, 0.5) is 26.3 Å². The van der Waals surface area contributed by atoms with Crippen molar-refractivity contribution in [2.75, 3.05) is 19.3 Å². The van der Waals surface area contributed by atoms with Gasteiger partial charge in [-0.15, -0.1) is 0 Å². The van der Waals surface area contributed by atoms with Gasteiger partial charge in [0.15, 0.2) is 15.9 Å². The molecule has 0 spiro atoms. The summed E-state index contributed by atoms with van der Waals surface area (Å²) < 4.78 is 108. The van der Waals surface area contributed by atoms with E-state index in [-0.39, 0.29) is 36.7 Å². The molecule has 1 aromatic carbocycles. The van der Waals surface area contributed by atoms with Crippen LogP contribution in [0.15, 0.2) is 35.4 Å². The van der Waals surface area contributed by atoms with Crippen LogP contribution in [0.25, 0.3) is 0 Å². The molecule has 2 aliphatic heterocycles. The number of carbonyl (C=O) groups is 1. The first kappa shape index (κ1) is 27.1. The number of carbonyl (C=O) groups excluding carboxylic acids is 1. The van der Waals surface area contributed by atoms with Crippen LogP contribution < -0.4 is 10.5 Å². The van der Waals surface area contributed by atoms with Crippen molar-refractivity contribution in [2.45, 2.75) is 54.1 Å². The molecule has 15 heteroatoms. The summed E-state index contributed by atoms with van der Waals surface area (Å²) in [6.45, 7) is 0.483. The van der Waals surface area contributed by atoms with E-state index >= 15 is 0 Å². The number of nitrogens with zero attached hydrogens (tertiary/aromatic N) is 3. The Balaban J connectivity index is 1.71. The van der Waals surface area contributed by atoms with Crippen LogP contribution in [0.2, 0.25) is 0 Å². The highest BCUT2D eigenvalue weighted by Crippen LogP contribution is 2.53. The third-order valence-electron chi connectivity index (χ3n) is 6.46. The molecule has 3 aliphatic rings. The Kier molecular flexibility index (Phi) is 6.26. The van der Waals surface area contributed by atoms with Crippen molar-refractivity contribution in [1.82, 2.24) is 14.9 Å². The van der Waals surface area contributed by atoms with Gasteiger partial charge in [0, 0.05) is 31.1 Å². The number of amides is 1. The molecule has 1 aromatic heterocycles. The number of piperidine rings is 2. The molecule has 37 heavy (non-hydrogen) atoms. The number of fused-ring (bicyclic) bond motifs is 2. The highest BCUT2D eigenvalue weighted by molar-refractivity contribution is 7.90. The first-order chi connectivity index (χ1) is 16.8. The van der Waals surface area contributed by atoms with E-state index < -0.39 is 62.2 Å². The van der Waals surface area contributed by atoms with Crippen LogP contribution in [0, 0.1) is 0 Å². The van der Waals surface area contributed by atoms with E-state index in [2.05, 4.69) is 9.97 Å². The number of hydrogen-bond donors (Lipinski definition) is 1. The third kappa shape index (κ3) is 5.23. The van der Waals surface area contributed by atoms with Gasteiger partial charge in [0.25, 0.3) is 5.91 Å². The topological polar surface area (TPSA) is 115 Å². The molecule has 202 valence electrons. The van der Waals surface area contributed by atoms with Crippen molar-refractivity contribution in [3.8, 4) is 5.75 Å². The van der Waals surface area contributed by atoms with Crippen LogP contribution in [-0.4, -0.2) is 66.4 Å². The Bertz CT molecular complexity index is 1340. The average molecular weight is 552 g/mol. The number of aromatic nitrogens is 2. The molecule has 2 bridgehead atoms. The van der Waals surface area contributed by atoms with E-state index in [1.54, 1.807) is 0 Å². The number of benzene rings is 1. The van der Waals surface area contributed by atoms with E-state index in [4.69, 9.17) is 10.5 Å². The number of alkyl halides is 6. The quantitative estimate of drug-likeness (QED) is 0.567. The van der Waals surface area contributed by atoms with Gasteiger partial charge in [0.05, 0.1) is 15.9 Å². The second-order valence-corrected chi connectivity index (χ2v) is 11.7. The predicted molar refractivity (Wildman–Crippen MR) is 116 cm³/mol. The van der Waals surface area contributed by atoms with Crippen molar-refractivity contribution in [3.05, 3.63) is 47.5 Å². The molecule has 1 atom stereocenters. The molecular formula is C22H22F6N4O4S. The molecular weight excluding hydrogens is 530 g/mol. The Morgan fingerprint density at radius 1 is 1.14 bits per heavy atom. The first-order valence-electron chi connectivity index (χ1n) is 10.9. The summed E-state index contributed by atoms with van der Waals surface area (Å²) in [4.78, 5) is 22.0. The fourth-order valence-corrected chi connectivity index (χ4v) is 5.55. The van der Waals surface area contributed by atoms with Gasteiger partial charge in [-0.2, -0.15) is 26.3 Å². The molecule has 5 rings (SSSR count). The van der Waals surface area contributed by atoms with Crippen LogP contribution in [0.5, 0.6) is 5.75 Å². The lowest BCUT2D eigenvalue weighted by atomic mass is 9.54. The summed E-state index contributed by atoms with van der Waals surface area (Å²) in [7, 11) is -3.85. The van der Waals surface area contributed by atoms with Gasteiger partial charge in [0.2, 0.25) is 0 Å². The largest absolute Gasteiger partial charge is 0.480 e. The number of hydrogen-bond acceptors (Lipinski definition) is 7. The lowest BCUT2D eigenvalue weighted by Gasteiger charge is -2.61. The minimum Gasteiger partial charge on any atom is -0.480 e. The number of nitrogens with two attached hydrogens (primary N) is 1. The second kappa shape index (κ2) is 8.55. The molecule has 3 heterocycles. The number of halogens is 6. The summed E-state index contributed by atoms with van der Waals surface area (Å²) >= 11 is 0. The Labute approximate surface area is 207 Å². The van der Waals surface area contributed by atoms with Crippen molar-refractivity contribution in [1.29, 1.82) is 0 Å². The summed E-state index contributed by atoms with van der Waals surface area (Å²) in [5, 5.41) is 0. The van der Waals surface area contributed by atoms with Gasteiger partial charge >= 0.3 is 12.4 Å². The van der Waals surface area contributed by atoms with Gasteiger partial charge in [-0.05, 0) is 44.0 Å². The molecule has 2 aromatic rings. The number of rotatable bonds is 5. The van der Waals surface area contributed by atoms with E-state index in [1.165, 1.54) is 0 Å². The van der Waals surface area contributed by atoms with Gasteiger partial charge in [-0.3, -0.25) is 4.79 Å². The monoisotopic (exact) mass is 552 g/mol. The van der Waals surface area contributed by atoms with Crippen LogP contribution in [-0.2, 0) is 21.4 Å². The first-order valence-corrected chi connectivity index (χ1v) is 12.8. The van der Waals surface area contributed by atoms with Gasteiger partial charge in [0.1, 0.15) is 17.3 Å². The summed E-state index contributed by atoms with van der Waals surface area (Å²) in [6, 6.07) is 3.59. The van der Waals surface area contributed by atoms with Crippen LogP contribution in [0.3, 0.4) is 0 Å². The van der Waals surface area contributed by atoms with Crippen molar-refractivity contribution >= 4 is 15.7 Å². The van der Waals surface area contributed by atoms with Gasteiger partial charge in [-0.1, -0.05) is 0 Å². The third-order valence-corrected chi connectivity index (χ3v) is 7.57. The SMILES string of the molecule is C[C@@H](Oc1ccc(S(C)(=O)=O)cc1C(=O)N1CC2(N)CC(c3nccc(C(F)(F)F)n3)(C1)C2)C(F)(F)F. The fraction of sp³-hybridized carbons (Fsp3) is 0.500. The number of ether oxygens (including phenoxy) is 1. The second-order valence-electron chi connectivity index (χ2n) is 9.65. The zero-order valence-corrected chi connectivity index (χ0v) is 20.3. The zero-order valence-electron chi connectivity index (χ0n) is 19.5. The average Bonchev–Trinajstić information content (AvgIpc) is 2.76. The van der Waals surface area contributed by atoms with E-state index in [0.717, 1.165) is 42.5 Å². The van der Waals surface area contributed by atoms with Gasteiger partial charge in [-0.25, -0.2) is 18.4 Å². The van der Waals surface area contributed by atoms with E-state index in [9.17, 15) is 39.6 Å². The highest BCUT2D eigenvalue weighted by Gasteiger charge is 2.61. The lowest BCUT2D eigenvalue weighted by Crippen LogP contribution is -2.74. The lowest BCUT2D eigenvalue weighted by molar-refractivity contribution is -0.189. The van der Waals surface area contributed by atoms with Crippen LogP contribution in [0.1, 0.15) is 41.6 Å². The van der Waals surface area contributed by atoms with E-state index in [0.29, 0.717) is 6.07 Å². The smallest absolute Gasteiger partial charge is 0.433 e. The molecule has 0 radical (unpaired) electrons. The van der Waals surface area contributed by atoms with E-state index in [1.807, 2.05) is 0 Å². The molecule has 3 fully saturated rings. The molecule has 1 amide bonds. The molecule has 2 saturated heterocycles. The van der Waals surface area contributed by atoms with Crippen molar-refractivity contribution < 1.29 is 44.3 Å². The minimum atomic E-state index is -4.77. The minimum absolute atomic E-state index is 0.0656. The maximum atomic E-state index is 13.5. The molecule has 1 aliphatic carbocycles. The number of sulfone groups is 1. The summed E-state index contributed by atoms with van der Waals surface area (Å²) in [5.74, 6) is -1.55. The highest BCUT2D eigenvalue weighted by atomic mass is 32.2. The molecule has 0 unspecified atom stereocenters. The predicted octanol–water partition coefficient (Wildman–Crippen LogP) is 3.11.